The van der Waals surface area contributed by atoms with Gasteiger partial charge in [-0.25, -0.2) is 0 Å². The Balaban J connectivity index is 2.23. The zero-order valence-electron chi connectivity index (χ0n) is 6.06. The molecule has 1 aliphatic rings. The Hall–Kier alpha value is 0.0249. The molecule has 2 atom stereocenters. The highest BCUT2D eigenvalue weighted by Crippen LogP contribution is 2.25. The standard InChI is InChI=1S/C7H14BN/c1-9-7-4-2-3-6(8)5-7/h6-7,9H,2-5H2,1H3/t6-,7-/m0/s1. The molecule has 0 aromatic heterocycles. The molecule has 0 amide bonds. The maximum atomic E-state index is 5.76. The summed E-state index contributed by atoms with van der Waals surface area (Å²) in [6.45, 7) is 0. The van der Waals surface area contributed by atoms with Crippen LogP contribution in [0.5, 0.6) is 0 Å². The van der Waals surface area contributed by atoms with Gasteiger partial charge in [0.2, 0.25) is 0 Å². The van der Waals surface area contributed by atoms with E-state index in [0.29, 0.717) is 11.9 Å². The van der Waals surface area contributed by atoms with Gasteiger partial charge in [0, 0.05) is 6.04 Å². The van der Waals surface area contributed by atoms with E-state index in [1.807, 2.05) is 7.05 Å². The molecule has 2 heteroatoms. The number of hydrogen-bond acceptors (Lipinski definition) is 1. The highest BCUT2D eigenvalue weighted by atomic mass is 14.9. The fourth-order valence-corrected chi connectivity index (χ4v) is 1.49. The van der Waals surface area contributed by atoms with Crippen LogP contribution in [-0.2, 0) is 0 Å². The topological polar surface area (TPSA) is 12.0 Å². The predicted octanol–water partition coefficient (Wildman–Crippen LogP) is 1.11. The third-order valence-corrected chi connectivity index (χ3v) is 2.12. The smallest absolute Gasteiger partial charge is 0.0700 e. The summed E-state index contributed by atoms with van der Waals surface area (Å²) in [7, 11) is 7.78. The van der Waals surface area contributed by atoms with Crippen LogP contribution in [0.3, 0.4) is 0 Å². The summed E-state index contributed by atoms with van der Waals surface area (Å²) in [6.07, 6.45) is 4.99. The Bertz CT molecular complexity index is 85.0. The monoisotopic (exact) mass is 123 g/mol. The normalized spacial score (nSPS) is 36.6. The van der Waals surface area contributed by atoms with Crippen LogP contribution < -0.4 is 5.32 Å². The molecular formula is C7H14BN. The van der Waals surface area contributed by atoms with Gasteiger partial charge in [-0.2, -0.15) is 0 Å². The Morgan fingerprint density at radius 1 is 1.44 bits per heavy atom. The summed E-state index contributed by atoms with van der Waals surface area (Å²) >= 11 is 0. The highest BCUT2D eigenvalue weighted by Gasteiger charge is 2.15. The first-order chi connectivity index (χ1) is 4.33. The van der Waals surface area contributed by atoms with Gasteiger partial charge in [0.15, 0.2) is 0 Å². The average molecular weight is 123 g/mol. The summed E-state index contributed by atoms with van der Waals surface area (Å²) < 4.78 is 0. The predicted molar refractivity (Wildman–Crippen MR) is 40.8 cm³/mol. The lowest BCUT2D eigenvalue weighted by Crippen LogP contribution is -2.29. The maximum absolute atomic E-state index is 5.76. The molecule has 0 heterocycles. The lowest BCUT2D eigenvalue weighted by Gasteiger charge is -2.26. The van der Waals surface area contributed by atoms with Gasteiger partial charge < -0.3 is 5.32 Å². The van der Waals surface area contributed by atoms with Crippen molar-refractivity contribution in [1.82, 2.24) is 5.32 Å². The lowest BCUT2D eigenvalue weighted by atomic mass is 9.74. The molecule has 1 nitrogen and oxygen atoms in total. The fourth-order valence-electron chi connectivity index (χ4n) is 1.49. The minimum absolute atomic E-state index is 0.455. The Morgan fingerprint density at radius 3 is 2.67 bits per heavy atom. The molecule has 0 bridgehead atoms. The lowest BCUT2D eigenvalue weighted by molar-refractivity contribution is 0.395. The summed E-state index contributed by atoms with van der Waals surface area (Å²) in [5, 5.41) is 3.25. The van der Waals surface area contributed by atoms with E-state index in [0.717, 1.165) is 6.42 Å². The molecule has 1 rings (SSSR count). The van der Waals surface area contributed by atoms with E-state index in [9.17, 15) is 0 Å². The van der Waals surface area contributed by atoms with Crippen LogP contribution >= 0.6 is 0 Å². The molecule has 1 saturated carbocycles. The van der Waals surface area contributed by atoms with Gasteiger partial charge in [0.1, 0.15) is 0 Å². The third kappa shape index (κ3) is 2.01. The van der Waals surface area contributed by atoms with Crippen molar-refractivity contribution in [3.8, 4) is 0 Å². The molecule has 9 heavy (non-hydrogen) atoms. The van der Waals surface area contributed by atoms with Crippen LogP contribution in [0, 0.1) is 0 Å². The second kappa shape index (κ2) is 3.26. The minimum atomic E-state index is 0.455. The van der Waals surface area contributed by atoms with Crippen molar-refractivity contribution < 1.29 is 0 Å². The summed E-state index contributed by atoms with van der Waals surface area (Å²) in [5.41, 5.74) is 0. The molecule has 0 aromatic rings. The first-order valence-corrected chi connectivity index (χ1v) is 3.76. The van der Waals surface area contributed by atoms with Gasteiger partial charge in [0.05, 0.1) is 7.85 Å². The van der Waals surface area contributed by atoms with Gasteiger partial charge in [-0.15, -0.1) is 0 Å². The zero-order chi connectivity index (χ0) is 6.69. The van der Waals surface area contributed by atoms with Gasteiger partial charge in [-0.3, -0.25) is 0 Å². The van der Waals surface area contributed by atoms with Gasteiger partial charge in [-0.1, -0.05) is 18.7 Å². The van der Waals surface area contributed by atoms with Crippen LogP contribution in [0.1, 0.15) is 25.7 Å². The van der Waals surface area contributed by atoms with Crippen molar-refractivity contribution in [3.05, 3.63) is 0 Å². The minimum Gasteiger partial charge on any atom is -0.317 e. The van der Waals surface area contributed by atoms with Crippen LogP contribution in [-0.4, -0.2) is 20.9 Å². The molecule has 0 aromatic carbocycles. The van der Waals surface area contributed by atoms with E-state index in [2.05, 4.69) is 5.32 Å². The van der Waals surface area contributed by atoms with E-state index in [4.69, 9.17) is 7.85 Å². The quantitative estimate of drug-likeness (QED) is 0.515. The van der Waals surface area contributed by atoms with Crippen LogP contribution in [0.4, 0.5) is 0 Å². The Kier molecular flexibility index (Phi) is 2.58. The molecule has 50 valence electrons. The first-order valence-electron chi connectivity index (χ1n) is 3.76. The highest BCUT2D eigenvalue weighted by molar-refractivity contribution is 6.11. The molecule has 0 spiro atoms. The van der Waals surface area contributed by atoms with Crippen LogP contribution in [0.2, 0.25) is 5.82 Å². The van der Waals surface area contributed by atoms with Crippen molar-refractivity contribution in [2.75, 3.05) is 7.05 Å². The molecule has 1 aliphatic carbocycles. The molecule has 2 radical (unpaired) electrons. The summed E-state index contributed by atoms with van der Waals surface area (Å²) in [6, 6.07) is 0.689. The average Bonchev–Trinajstić information content (AvgIpc) is 1.88. The summed E-state index contributed by atoms with van der Waals surface area (Å²) in [5.74, 6) is 0.455. The van der Waals surface area contributed by atoms with Crippen LogP contribution in [0.25, 0.3) is 0 Å². The van der Waals surface area contributed by atoms with E-state index < -0.39 is 0 Å². The van der Waals surface area contributed by atoms with Crippen molar-refractivity contribution in [1.29, 1.82) is 0 Å². The molecule has 0 aliphatic heterocycles. The largest absolute Gasteiger partial charge is 0.317 e. The number of rotatable bonds is 1. The van der Waals surface area contributed by atoms with E-state index in [1.54, 1.807) is 0 Å². The van der Waals surface area contributed by atoms with Crippen LogP contribution in [0.15, 0.2) is 0 Å². The SMILES string of the molecule is [B][C@H]1CCC[C@H](NC)C1. The zero-order valence-corrected chi connectivity index (χ0v) is 6.06. The van der Waals surface area contributed by atoms with E-state index in [1.165, 1.54) is 19.3 Å². The molecular weight excluding hydrogens is 109 g/mol. The Morgan fingerprint density at radius 2 is 2.22 bits per heavy atom. The third-order valence-electron chi connectivity index (χ3n) is 2.12. The second-order valence-electron chi connectivity index (χ2n) is 2.91. The molecule has 1 N–H and O–H groups in total. The molecule has 0 saturated heterocycles. The molecule has 0 unspecified atom stereocenters. The van der Waals surface area contributed by atoms with Gasteiger partial charge >= 0.3 is 0 Å². The van der Waals surface area contributed by atoms with E-state index >= 15 is 0 Å². The number of hydrogen-bond donors (Lipinski definition) is 1. The number of nitrogens with one attached hydrogen (secondary N) is 1. The fraction of sp³-hybridized carbons (Fsp3) is 1.00. The van der Waals surface area contributed by atoms with Crippen molar-refractivity contribution in [2.24, 2.45) is 0 Å². The Labute approximate surface area is 58.6 Å². The van der Waals surface area contributed by atoms with Crippen molar-refractivity contribution >= 4 is 7.85 Å². The van der Waals surface area contributed by atoms with Gasteiger partial charge in [0.25, 0.3) is 0 Å². The first kappa shape index (κ1) is 7.14. The van der Waals surface area contributed by atoms with Crippen molar-refractivity contribution in [2.45, 2.75) is 37.5 Å². The van der Waals surface area contributed by atoms with Crippen molar-refractivity contribution in [3.63, 3.8) is 0 Å². The molecule has 1 fully saturated rings. The van der Waals surface area contributed by atoms with E-state index in [-0.39, 0.29) is 0 Å². The summed E-state index contributed by atoms with van der Waals surface area (Å²) in [4.78, 5) is 0. The van der Waals surface area contributed by atoms with Gasteiger partial charge in [-0.05, 0) is 19.9 Å². The maximum Gasteiger partial charge on any atom is 0.0700 e. The second-order valence-corrected chi connectivity index (χ2v) is 2.91.